The lowest BCUT2D eigenvalue weighted by atomic mass is 10.3. The van der Waals surface area contributed by atoms with E-state index in [4.69, 9.17) is 22.1 Å². The van der Waals surface area contributed by atoms with Crippen LogP contribution in [0, 0.1) is 0 Å². The SMILES string of the molecule is NC(=O)N1CCCN(C(=O)CCOc2ccc(Cl)cc2)CC1. The number of carbonyl (C=O) groups is 2. The Morgan fingerprint density at radius 2 is 1.73 bits per heavy atom. The van der Waals surface area contributed by atoms with E-state index in [0.717, 1.165) is 6.42 Å². The van der Waals surface area contributed by atoms with Gasteiger partial charge in [-0.3, -0.25) is 4.79 Å². The van der Waals surface area contributed by atoms with E-state index in [0.29, 0.717) is 50.0 Å². The van der Waals surface area contributed by atoms with Gasteiger partial charge in [-0.2, -0.15) is 0 Å². The third-order valence-corrected chi connectivity index (χ3v) is 3.81. The fourth-order valence-electron chi connectivity index (χ4n) is 2.33. The van der Waals surface area contributed by atoms with E-state index in [1.807, 2.05) is 0 Å². The molecule has 0 saturated carbocycles. The number of halogens is 1. The molecule has 2 rings (SSSR count). The molecular weight excluding hydrogens is 306 g/mol. The summed E-state index contributed by atoms with van der Waals surface area (Å²) in [5.74, 6) is 0.716. The van der Waals surface area contributed by atoms with Gasteiger partial charge in [-0.15, -0.1) is 0 Å². The first-order valence-electron chi connectivity index (χ1n) is 7.27. The van der Waals surface area contributed by atoms with Crippen molar-refractivity contribution < 1.29 is 14.3 Å². The molecule has 2 N–H and O–H groups in total. The number of benzene rings is 1. The standard InChI is InChI=1S/C15H20ClN3O3/c16-12-2-4-13(5-3-12)22-11-6-14(20)18-7-1-8-19(10-9-18)15(17)21/h2-5H,1,6-11H2,(H2,17,21). The zero-order valence-electron chi connectivity index (χ0n) is 12.3. The first-order chi connectivity index (χ1) is 10.6. The first-order valence-corrected chi connectivity index (χ1v) is 7.64. The van der Waals surface area contributed by atoms with Crippen LogP contribution in [0.3, 0.4) is 0 Å². The fourth-order valence-corrected chi connectivity index (χ4v) is 2.46. The number of urea groups is 1. The summed E-state index contributed by atoms with van der Waals surface area (Å²) < 4.78 is 5.52. The van der Waals surface area contributed by atoms with E-state index in [9.17, 15) is 9.59 Å². The summed E-state index contributed by atoms with van der Waals surface area (Å²) in [4.78, 5) is 26.6. The molecule has 0 atom stereocenters. The molecule has 1 fully saturated rings. The normalized spacial score (nSPS) is 15.3. The maximum atomic E-state index is 12.2. The molecule has 0 unspecified atom stereocenters. The molecule has 6 nitrogen and oxygen atoms in total. The van der Waals surface area contributed by atoms with Crippen molar-refractivity contribution in [3.8, 4) is 5.75 Å². The Morgan fingerprint density at radius 1 is 1.09 bits per heavy atom. The fraction of sp³-hybridized carbons (Fsp3) is 0.467. The van der Waals surface area contributed by atoms with Gasteiger partial charge < -0.3 is 20.3 Å². The molecule has 0 radical (unpaired) electrons. The third kappa shape index (κ3) is 4.80. The predicted molar refractivity (Wildman–Crippen MR) is 83.9 cm³/mol. The van der Waals surface area contributed by atoms with Crippen molar-refractivity contribution in [1.82, 2.24) is 9.80 Å². The number of hydrogen-bond donors (Lipinski definition) is 1. The Morgan fingerprint density at radius 3 is 2.41 bits per heavy atom. The molecule has 1 aromatic rings. The number of hydrogen-bond acceptors (Lipinski definition) is 3. The van der Waals surface area contributed by atoms with E-state index in [1.54, 1.807) is 34.1 Å². The van der Waals surface area contributed by atoms with Crippen LogP contribution in [0.25, 0.3) is 0 Å². The van der Waals surface area contributed by atoms with Gasteiger partial charge >= 0.3 is 6.03 Å². The van der Waals surface area contributed by atoms with Gasteiger partial charge in [0.1, 0.15) is 5.75 Å². The third-order valence-electron chi connectivity index (χ3n) is 3.56. The molecule has 3 amide bonds. The summed E-state index contributed by atoms with van der Waals surface area (Å²) >= 11 is 5.79. The van der Waals surface area contributed by atoms with Gasteiger partial charge in [0.2, 0.25) is 5.91 Å². The molecule has 22 heavy (non-hydrogen) atoms. The lowest BCUT2D eigenvalue weighted by Crippen LogP contribution is -2.40. The average molecular weight is 326 g/mol. The summed E-state index contributed by atoms with van der Waals surface area (Å²) in [6, 6.07) is 6.59. The minimum atomic E-state index is -0.430. The number of primary amides is 1. The molecule has 0 spiro atoms. The van der Waals surface area contributed by atoms with Crippen LogP contribution in [0.15, 0.2) is 24.3 Å². The molecule has 1 aliphatic rings. The largest absolute Gasteiger partial charge is 0.493 e. The molecule has 0 aromatic heterocycles. The second-order valence-electron chi connectivity index (χ2n) is 5.11. The van der Waals surface area contributed by atoms with Gasteiger partial charge in [-0.1, -0.05) is 11.6 Å². The summed E-state index contributed by atoms with van der Waals surface area (Å²) in [6.45, 7) is 2.56. The van der Waals surface area contributed by atoms with Crippen molar-refractivity contribution in [2.24, 2.45) is 5.73 Å². The van der Waals surface area contributed by atoms with Crippen LogP contribution >= 0.6 is 11.6 Å². The number of ether oxygens (including phenoxy) is 1. The average Bonchev–Trinajstić information content (AvgIpc) is 2.75. The van der Waals surface area contributed by atoms with Crippen LogP contribution in [0.4, 0.5) is 4.79 Å². The predicted octanol–water partition coefficient (Wildman–Crippen LogP) is 1.72. The van der Waals surface area contributed by atoms with Crippen molar-refractivity contribution in [2.45, 2.75) is 12.8 Å². The highest BCUT2D eigenvalue weighted by molar-refractivity contribution is 6.30. The van der Waals surface area contributed by atoms with Crippen molar-refractivity contribution in [3.63, 3.8) is 0 Å². The smallest absolute Gasteiger partial charge is 0.314 e. The zero-order chi connectivity index (χ0) is 15.9. The quantitative estimate of drug-likeness (QED) is 0.915. The Kier molecular flexibility index (Phi) is 5.89. The van der Waals surface area contributed by atoms with Crippen LogP contribution in [-0.4, -0.2) is 54.5 Å². The number of carbonyl (C=O) groups excluding carboxylic acids is 2. The Labute approximate surface area is 134 Å². The molecule has 1 saturated heterocycles. The minimum absolute atomic E-state index is 0.0280. The van der Waals surface area contributed by atoms with Gasteiger partial charge in [0.15, 0.2) is 0 Å². The van der Waals surface area contributed by atoms with Gasteiger partial charge in [-0.05, 0) is 30.7 Å². The van der Waals surface area contributed by atoms with Gasteiger partial charge in [0, 0.05) is 31.2 Å². The van der Waals surface area contributed by atoms with E-state index in [-0.39, 0.29) is 5.91 Å². The highest BCUT2D eigenvalue weighted by atomic mass is 35.5. The second kappa shape index (κ2) is 7.89. The van der Waals surface area contributed by atoms with Crippen LogP contribution in [-0.2, 0) is 4.79 Å². The van der Waals surface area contributed by atoms with Crippen LogP contribution < -0.4 is 10.5 Å². The van der Waals surface area contributed by atoms with E-state index in [1.165, 1.54) is 0 Å². The number of nitrogens with two attached hydrogens (primary N) is 1. The molecule has 7 heteroatoms. The van der Waals surface area contributed by atoms with Crippen LogP contribution in [0.1, 0.15) is 12.8 Å². The van der Waals surface area contributed by atoms with Crippen LogP contribution in [0.5, 0.6) is 5.75 Å². The van der Waals surface area contributed by atoms with Crippen molar-refractivity contribution in [2.75, 3.05) is 32.8 Å². The summed E-state index contributed by atoms with van der Waals surface area (Å²) in [7, 11) is 0. The Bertz CT molecular complexity index is 521. The molecule has 0 bridgehead atoms. The number of rotatable bonds is 4. The molecule has 1 aliphatic heterocycles. The van der Waals surface area contributed by atoms with Crippen molar-refractivity contribution in [3.05, 3.63) is 29.3 Å². The van der Waals surface area contributed by atoms with Gasteiger partial charge in [0.25, 0.3) is 0 Å². The van der Waals surface area contributed by atoms with Crippen molar-refractivity contribution >= 4 is 23.5 Å². The number of nitrogens with zero attached hydrogens (tertiary/aromatic N) is 2. The molecular formula is C15H20ClN3O3. The monoisotopic (exact) mass is 325 g/mol. The van der Waals surface area contributed by atoms with E-state index < -0.39 is 6.03 Å². The summed E-state index contributed by atoms with van der Waals surface area (Å²) in [5.41, 5.74) is 5.27. The molecule has 120 valence electrons. The first kappa shape index (κ1) is 16.4. The zero-order valence-corrected chi connectivity index (χ0v) is 13.1. The second-order valence-corrected chi connectivity index (χ2v) is 5.55. The van der Waals surface area contributed by atoms with Crippen LogP contribution in [0.2, 0.25) is 5.02 Å². The minimum Gasteiger partial charge on any atom is -0.493 e. The lowest BCUT2D eigenvalue weighted by Gasteiger charge is -2.21. The van der Waals surface area contributed by atoms with Gasteiger partial charge in [0.05, 0.1) is 13.0 Å². The van der Waals surface area contributed by atoms with E-state index in [2.05, 4.69) is 0 Å². The lowest BCUT2D eigenvalue weighted by molar-refractivity contribution is -0.131. The molecule has 1 aromatic carbocycles. The summed E-state index contributed by atoms with van der Waals surface area (Å²) in [6.07, 6.45) is 1.05. The Hall–Kier alpha value is -1.95. The highest BCUT2D eigenvalue weighted by Gasteiger charge is 2.20. The number of amides is 3. The summed E-state index contributed by atoms with van der Waals surface area (Å²) in [5, 5.41) is 0.645. The van der Waals surface area contributed by atoms with Crippen molar-refractivity contribution in [1.29, 1.82) is 0 Å². The maximum Gasteiger partial charge on any atom is 0.314 e. The topological polar surface area (TPSA) is 75.9 Å². The van der Waals surface area contributed by atoms with Gasteiger partial charge in [-0.25, -0.2) is 4.79 Å². The Balaban J connectivity index is 1.75. The van der Waals surface area contributed by atoms with E-state index >= 15 is 0 Å². The highest BCUT2D eigenvalue weighted by Crippen LogP contribution is 2.15. The maximum absolute atomic E-state index is 12.2. The molecule has 0 aliphatic carbocycles. The molecule has 1 heterocycles.